The molecule has 0 aliphatic heterocycles. The van der Waals surface area contributed by atoms with Crippen LogP contribution >= 0.6 is 0 Å². The van der Waals surface area contributed by atoms with E-state index < -0.39 is 11.9 Å². The Hall–Kier alpha value is -1.42. The normalized spacial score (nSPS) is 10.6. The van der Waals surface area contributed by atoms with Crippen molar-refractivity contribution >= 4 is 11.9 Å². The number of carboxylic acid groups (broad SMARTS) is 2. The van der Waals surface area contributed by atoms with E-state index in [1.165, 1.54) is 0 Å². The van der Waals surface area contributed by atoms with Gasteiger partial charge in [0.15, 0.2) is 0 Å². The number of unbranched alkanes of at least 4 members (excludes halogenated alkanes) is 8. The molecule has 0 fully saturated rings. The summed E-state index contributed by atoms with van der Waals surface area (Å²) in [4.78, 5) is 26.5. The maximum Gasteiger partial charge on any atom is 0.303 e. The SMILES string of the molecule is CCCCN(CCO)CCO.CCCCN(CCO)CCO.CCCCN(CCO)CCO.O=C(O)CCCCCCCCC(=O)O. The molecule has 0 unspecified atom stereocenters. The predicted molar refractivity (Wildman–Crippen MR) is 189 cm³/mol. The first-order valence-electron chi connectivity index (χ1n) is 17.9. The number of aliphatic hydroxyl groups excluding tert-OH is 6. The van der Waals surface area contributed by atoms with Gasteiger partial charge in [0, 0.05) is 52.1 Å². The van der Waals surface area contributed by atoms with Crippen LogP contribution in [0.4, 0.5) is 0 Å². The first-order chi connectivity index (χ1) is 22.7. The van der Waals surface area contributed by atoms with E-state index >= 15 is 0 Å². The maximum absolute atomic E-state index is 10.1. The maximum atomic E-state index is 10.1. The first-order valence-corrected chi connectivity index (χ1v) is 17.9. The Kier molecular flexibility index (Phi) is 52.1. The molecule has 0 amide bonds. The molecule has 0 spiro atoms. The number of aliphatic hydroxyl groups is 6. The highest BCUT2D eigenvalue weighted by Crippen LogP contribution is 2.08. The fraction of sp³-hybridized carbons (Fsp3) is 0.941. The van der Waals surface area contributed by atoms with Crippen LogP contribution in [0.3, 0.4) is 0 Å². The third-order valence-electron chi connectivity index (χ3n) is 7.01. The summed E-state index contributed by atoms with van der Waals surface area (Å²) in [5.41, 5.74) is 0. The highest BCUT2D eigenvalue weighted by atomic mass is 16.4. The zero-order valence-corrected chi connectivity index (χ0v) is 30.2. The Balaban J connectivity index is -0.000000264. The van der Waals surface area contributed by atoms with Gasteiger partial charge in [-0.1, -0.05) is 65.7 Å². The zero-order valence-electron chi connectivity index (χ0n) is 30.2. The average molecular weight is 686 g/mol. The van der Waals surface area contributed by atoms with E-state index in [0.717, 1.165) is 96.7 Å². The molecule has 0 aliphatic carbocycles. The molecular weight excluding hydrogens is 610 g/mol. The Bertz CT molecular complexity index is 521. The lowest BCUT2D eigenvalue weighted by atomic mass is 10.1. The van der Waals surface area contributed by atoms with Gasteiger partial charge in [-0.3, -0.25) is 24.3 Å². The number of carboxylic acids is 2. The number of rotatable bonds is 30. The summed E-state index contributed by atoms with van der Waals surface area (Å²) in [5, 5.41) is 68.5. The number of hydrogen-bond donors (Lipinski definition) is 8. The monoisotopic (exact) mass is 686 g/mol. The van der Waals surface area contributed by atoms with Crippen molar-refractivity contribution in [1.29, 1.82) is 0 Å². The summed E-state index contributed by atoms with van der Waals surface area (Å²) in [7, 11) is 0. The molecule has 0 rings (SSSR count). The molecule has 47 heavy (non-hydrogen) atoms. The summed E-state index contributed by atoms with van der Waals surface area (Å²) in [5.74, 6) is -1.48. The van der Waals surface area contributed by atoms with Gasteiger partial charge in [-0.05, 0) is 51.7 Å². The fourth-order valence-electron chi connectivity index (χ4n) is 4.26. The molecule has 13 nitrogen and oxygen atoms in total. The highest BCUT2D eigenvalue weighted by molar-refractivity contribution is 5.66. The van der Waals surface area contributed by atoms with Crippen LogP contribution < -0.4 is 0 Å². The van der Waals surface area contributed by atoms with Gasteiger partial charge >= 0.3 is 11.9 Å². The minimum absolute atomic E-state index is 0.184. The third-order valence-corrected chi connectivity index (χ3v) is 7.01. The highest BCUT2D eigenvalue weighted by Gasteiger charge is 2.03. The van der Waals surface area contributed by atoms with Crippen molar-refractivity contribution < 1.29 is 50.4 Å². The van der Waals surface area contributed by atoms with Crippen LogP contribution in [0.25, 0.3) is 0 Å². The summed E-state index contributed by atoms with van der Waals surface area (Å²) in [6, 6.07) is 0. The van der Waals surface area contributed by atoms with Crippen molar-refractivity contribution in [3.8, 4) is 0 Å². The Labute approximate surface area is 286 Å². The first kappa shape index (κ1) is 52.4. The standard InChI is InChI=1S/C10H18O4.3C8H19NO2/c11-9(12)7-5-3-1-2-4-6-8-10(13)14;3*1-2-3-4-9(5-7-10)6-8-11/h1-8H2,(H,11,12)(H,13,14);3*10-11H,2-8H2,1H3. The van der Waals surface area contributed by atoms with Crippen LogP contribution in [-0.4, -0.2) is 166 Å². The van der Waals surface area contributed by atoms with Gasteiger partial charge in [0.25, 0.3) is 0 Å². The Morgan fingerprint density at radius 1 is 0.362 bits per heavy atom. The van der Waals surface area contributed by atoms with Gasteiger partial charge in [0.05, 0.1) is 39.6 Å². The van der Waals surface area contributed by atoms with Crippen LogP contribution in [0.5, 0.6) is 0 Å². The lowest BCUT2D eigenvalue weighted by molar-refractivity contribution is -0.138. The molecule has 0 aliphatic rings. The molecule has 286 valence electrons. The molecule has 0 radical (unpaired) electrons. The van der Waals surface area contributed by atoms with Gasteiger partial charge in [-0.15, -0.1) is 0 Å². The summed E-state index contributed by atoms with van der Waals surface area (Å²) in [6.07, 6.45) is 12.7. The second-order valence-corrected chi connectivity index (χ2v) is 11.3. The quantitative estimate of drug-likeness (QED) is 0.0513. The number of aliphatic carboxylic acids is 2. The van der Waals surface area contributed by atoms with E-state index in [0.29, 0.717) is 39.3 Å². The molecule has 8 N–H and O–H groups in total. The molecular formula is C34H75N3O10. The van der Waals surface area contributed by atoms with Crippen molar-refractivity contribution in [2.75, 3.05) is 98.5 Å². The van der Waals surface area contributed by atoms with E-state index in [1.807, 2.05) is 0 Å². The Morgan fingerprint density at radius 3 is 0.745 bits per heavy atom. The molecule has 0 heterocycles. The minimum atomic E-state index is -0.740. The summed E-state index contributed by atoms with van der Waals surface area (Å²) >= 11 is 0. The number of nitrogens with zero attached hydrogens (tertiary/aromatic N) is 3. The van der Waals surface area contributed by atoms with Crippen molar-refractivity contribution in [2.24, 2.45) is 0 Å². The van der Waals surface area contributed by atoms with Crippen molar-refractivity contribution in [2.45, 2.75) is 111 Å². The van der Waals surface area contributed by atoms with E-state index in [2.05, 4.69) is 35.5 Å². The average Bonchev–Trinajstić information content (AvgIpc) is 3.04. The van der Waals surface area contributed by atoms with Crippen LogP contribution in [-0.2, 0) is 9.59 Å². The number of hydrogen-bond acceptors (Lipinski definition) is 11. The molecule has 0 aromatic carbocycles. The van der Waals surface area contributed by atoms with E-state index in [9.17, 15) is 9.59 Å². The van der Waals surface area contributed by atoms with Gasteiger partial charge in [-0.2, -0.15) is 0 Å². The van der Waals surface area contributed by atoms with Gasteiger partial charge in [0.2, 0.25) is 0 Å². The van der Waals surface area contributed by atoms with Gasteiger partial charge in [0.1, 0.15) is 0 Å². The third kappa shape index (κ3) is 51.6. The van der Waals surface area contributed by atoms with Crippen LogP contribution in [0.2, 0.25) is 0 Å². The molecule has 0 bridgehead atoms. The van der Waals surface area contributed by atoms with Crippen LogP contribution in [0.15, 0.2) is 0 Å². The Morgan fingerprint density at radius 2 is 0.574 bits per heavy atom. The molecule has 0 saturated heterocycles. The second-order valence-electron chi connectivity index (χ2n) is 11.3. The van der Waals surface area contributed by atoms with Crippen molar-refractivity contribution in [3.05, 3.63) is 0 Å². The van der Waals surface area contributed by atoms with Crippen LogP contribution in [0.1, 0.15) is 111 Å². The van der Waals surface area contributed by atoms with E-state index in [1.54, 1.807) is 0 Å². The van der Waals surface area contributed by atoms with Crippen molar-refractivity contribution in [3.63, 3.8) is 0 Å². The molecule has 0 saturated carbocycles. The predicted octanol–water partition coefficient (Wildman–Crippen LogP) is 2.50. The van der Waals surface area contributed by atoms with E-state index in [-0.39, 0.29) is 52.5 Å². The van der Waals surface area contributed by atoms with Gasteiger partial charge < -0.3 is 40.9 Å². The summed E-state index contributed by atoms with van der Waals surface area (Å²) in [6.45, 7) is 14.5. The topological polar surface area (TPSA) is 206 Å². The molecule has 13 heteroatoms. The summed E-state index contributed by atoms with van der Waals surface area (Å²) < 4.78 is 0. The number of carbonyl (C=O) groups is 2. The lowest BCUT2D eigenvalue weighted by Gasteiger charge is -2.19. The molecule has 0 aromatic heterocycles. The molecule has 0 aromatic rings. The van der Waals surface area contributed by atoms with Gasteiger partial charge in [-0.25, -0.2) is 0 Å². The van der Waals surface area contributed by atoms with E-state index in [4.69, 9.17) is 40.9 Å². The largest absolute Gasteiger partial charge is 0.481 e. The second kappa shape index (κ2) is 46.7. The van der Waals surface area contributed by atoms with Crippen LogP contribution in [0, 0.1) is 0 Å². The molecule has 0 atom stereocenters. The minimum Gasteiger partial charge on any atom is -0.481 e. The lowest BCUT2D eigenvalue weighted by Crippen LogP contribution is -2.30. The van der Waals surface area contributed by atoms with Crippen molar-refractivity contribution in [1.82, 2.24) is 14.7 Å². The smallest absolute Gasteiger partial charge is 0.303 e. The fourth-order valence-corrected chi connectivity index (χ4v) is 4.26. The zero-order chi connectivity index (χ0) is 36.4.